The molecule has 8 N–H and O–H groups in total. The van der Waals surface area contributed by atoms with Gasteiger partial charge in [-0.1, -0.05) is 30.3 Å². The highest BCUT2D eigenvalue weighted by atomic mass is 16.4. The fourth-order valence-electron chi connectivity index (χ4n) is 3.91. The molecule has 196 valence electrons. The molecule has 2 rings (SSSR count). The Morgan fingerprint density at radius 1 is 1.00 bits per heavy atom. The molecule has 13 nitrogen and oxygen atoms in total. The lowest BCUT2D eigenvalue weighted by Gasteiger charge is -2.28. The van der Waals surface area contributed by atoms with Crippen molar-refractivity contribution in [2.75, 3.05) is 6.54 Å². The molecule has 0 aromatic heterocycles. The molecule has 1 aliphatic rings. The minimum absolute atomic E-state index is 0.00299. The number of likely N-dealkylation sites (tertiary alicyclic amines) is 1. The molecule has 36 heavy (non-hydrogen) atoms. The van der Waals surface area contributed by atoms with Crippen LogP contribution in [0.1, 0.15) is 37.7 Å². The molecule has 4 unspecified atom stereocenters. The zero-order valence-corrected chi connectivity index (χ0v) is 19.6. The minimum Gasteiger partial charge on any atom is -0.481 e. The smallest absolute Gasteiger partial charge is 0.326 e. The van der Waals surface area contributed by atoms with E-state index in [9.17, 15) is 33.9 Å². The molecule has 0 saturated carbocycles. The summed E-state index contributed by atoms with van der Waals surface area (Å²) in [4.78, 5) is 73.8. The predicted molar refractivity (Wildman–Crippen MR) is 125 cm³/mol. The standard InChI is InChI=1S/C23H31N5O8/c24-14(8-9-19(30)31)20(32)26-15(11-13-5-2-1-3-6-13)21(33)27-16(12-18(25)29)22(34)28-10-4-7-17(28)23(35)36/h1-3,5-6,14-17H,4,7-12,24H2,(H2,25,29)(H,26,32)(H,27,33)(H,30,31)(H,35,36). The van der Waals surface area contributed by atoms with Crippen LogP contribution in [-0.2, 0) is 35.2 Å². The molecule has 1 aliphatic heterocycles. The van der Waals surface area contributed by atoms with Crippen LogP contribution in [0.25, 0.3) is 0 Å². The number of rotatable bonds is 13. The molecule has 1 aromatic carbocycles. The summed E-state index contributed by atoms with van der Waals surface area (Å²) in [6, 6.07) is 3.68. The molecule has 4 atom stereocenters. The van der Waals surface area contributed by atoms with Crippen molar-refractivity contribution >= 4 is 35.6 Å². The average molecular weight is 506 g/mol. The molecule has 4 amide bonds. The van der Waals surface area contributed by atoms with Gasteiger partial charge in [0.25, 0.3) is 0 Å². The molecule has 0 bridgehead atoms. The van der Waals surface area contributed by atoms with Crippen molar-refractivity contribution < 1.29 is 39.0 Å². The SMILES string of the molecule is NC(=O)CC(NC(=O)C(Cc1ccccc1)NC(=O)C(N)CCC(=O)O)C(=O)N1CCCC1C(=O)O. The third kappa shape index (κ3) is 8.34. The summed E-state index contributed by atoms with van der Waals surface area (Å²) in [5, 5.41) is 23.1. The van der Waals surface area contributed by atoms with Crippen LogP contribution in [0.4, 0.5) is 0 Å². The van der Waals surface area contributed by atoms with E-state index in [0.29, 0.717) is 12.0 Å². The largest absolute Gasteiger partial charge is 0.481 e. The highest BCUT2D eigenvalue weighted by molar-refractivity contribution is 5.96. The number of nitrogens with one attached hydrogen (secondary N) is 2. The van der Waals surface area contributed by atoms with Crippen LogP contribution in [0.3, 0.4) is 0 Å². The molecule has 1 fully saturated rings. The van der Waals surface area contributed by atoms with Gasteiger partial charge in [0, 0.05) is 19.4 Å². The van der Waals surface area contributed by atoms with Crippen LogP contribution in [0.2, 0.25) is 0 Å². The van der Waals surface area contributed by atoms with Crippen molar-refractivity contribution in [3.63, 3.8) is 0 Å². The van der Waals surface area contributed by atoms with Crippen LogP contribution >= 0.6 is 0 Å². The van der Waals surface area contributed by atoms with E-state index in [1.165, 1.54) is 0 Å². The van der Waals surface area contributed by atoms with Gasteiger partial charge in [0.05, 0.1) is 12.5 Å². The summed E-state index contributed by atoms with van der Waals surface area (Å²) < 4.78 is 0. The number of carboxylic acid groups (broad SMARTS) is 2. The number of nitrogens with zero attached hydrogens (tertiary/aromatic N) is 1. The second-order valence-electron chi connectivity index (χ2n) is 8.55. The summed E-state index contributed by atoms with van der Waals surface area (Å²) in [6.07, 6.45) is -0.393. The van der Waals surface area contributed by atoms with E-state index in [-0.39, 0.29) is 32.2 Å². The number of aliphatic carboxylic acids is 2. The van der Waals surface area contributed by atoms with Gasteiger partial charge in [-0.05, 0) is 24.8 Å². The minimum atomic E-state index is -1.44. The lowest BCUT2D eigenvalue weighted by atomic mass is 10.0. The van der Waals surface area contributed by atoms with E-state index in [1.807, 2.05) is 0 Å². The lowest BCUT2D eigenvalue weighted by molar-refractivity contribution is -0.149. The first-order valence-corrected chi connectivity index (χ1v) is 11.4. The third-order valence-electron chi connectivity index (χ3n) is 5.76. The zero-order chi connectivity index (χ0) is 26.8. The van der Waals surface area contributed by atoms with Crippen LogP contribution in [0.5, 0.6) is 0 Å². The summed E-state index contributed by atoms with van der Waals surface area (Å²) in [7, 11) is 0. The van der Waals surface area contributed by atoms with Gasteiger partial charge in [-0.25, -0.2) is 4.79 Å². The lowest BCUT2D eigenvalue weighted by Crippen LogP contribution is -2.58. The number of benzene rings is 1. The normalized spacial score (nSPS) is 17.5. The number of primary amides is 1. The first kappa shape index (κ1) is 28.2. The van der Waals surface area contributed by atoms with E-state index in [0.717, 1.165) is 4.90 Å². The zero-order valence-electron chi connectivity index (χ0n) is 19.6. The van der Waals surface area contributed by atoms with Gasteiger partial charge >= 0.3 is 11.9 Å². The molecule has 1 saturated heterocycles. The third-order valence-corrected chi connectivity index (χ3v) is 5.76. The molecular formula is C23H31N5O8. The summed E-state index contributed by atoms with van der Waals surface area (Å²) in [5.41, 5.74) is 11.7. The number of carbonyl (C=O) groups excluding carboxylic acids is 4. The summed E-state index contributed by atoms with van der Waals surface area (Å²) in [5.74, 6) is -5.58. The van der Waals surface area contributed by atoms with Crippen molar-refractivity contribution in [3.8, 4) is 0 Å². The van der Waals surface area contributed by atoms with Gasteiger partial charge in [-0.15, -0.1) is 0 Å². The molecule has 0 spiro atoms. The van der Waals surface area contributed by atoms with Crippen molar-refractivity contribution in [1.29, 1.82) is 0 Å². The van der Waals surface area contributed by atoms with Crippen LogP contribution in [0, 0.1) is 0 Å². The molecule has 1 heterocycles. The fourth-order valence-corrected chi connectivity index (χ4v) is 3.91. The van der Waals surface area contributed by atoms with E-state index in [1.54, 1.807) is 30.3 Å². The number of hydrogen-bond donors (Lipinski definition) is 6. The second kappa shape index (κ2) is 13.2. The van der Waals surface area contributed by atoms with Gasteiger partial charge in [0.2, 0.25) is 23.6 Å². The number of nitrogens with two attached hydrogens (primary N) is 2. The Kier molecular flexibility index (Phi) is 10.3. The van der Waals surface area contributed by atoms with Crippen molar-refractivity contribution in [2.24, 2.45) is 11.5 Å². The highest BCUT2D eigenvalue weighted by Crippen LogP contribution is 2.19. The van der Waals surface area contributed by atoms with Gasteiger partial charge < -0.3 is 37.2 Å². The highest BCUT2D eigenvalue weighted by Gasteiger charge is 2.39. The number of hydrogen-bond acceptors (Lipinski definition) is 7. The maximum absolute atomic E-state index is 13.2. The predicted octanol–water partition coefficient (Wildman–Crippen LogP) is -1.66. The maximum Gasteiger partial charge on any atom is 0.326 e. The quantitative estimate of drug-likeness (QED) is 0.180. The Morgan fingerprint density at radius 2 is 1.64 bits per heavy atom. The Morgan fingerprint density at radius 3 is 2.22 bits per heavy atom. The molecular weight excluding hydrogens is 474 g/mol. The van der Waals surface area contributed by atoms with Crippen LogP contribution in [-0.4, -0.2) is 81.4 Å². The monoisotopic (exact) mass is 505 g/mol. The van der Waals surface area contributed by atoms with Gasteiger partial charge in [-0.2, -0.15) is 0 Å². The van der Waals surface area contributed by atoms with E-state index in [2.05, 4.69) is 10.6 Å². The maximum atomic E-state index is 13.2. The van der Waals surface area contributed by atoms with E-state index >= 15 is 0 Å². The summed E-state index contributed by atoms with van der Waals surface area (Å²) >= 11 is 0. The van der Waals surface area contributed by atoms with Crippen molar-refractivity contribution in [2.45, 2.75) is 62.7 Å². The molecule has 0 radical (unpaired) electrons. The van der Waals surface area contributed by atoms with Gasteiger partial charge in [0.1, 0.15) is 18.1 Å². The van der Waals surface area contributed by atoms with Gasteiger partial charge in [-0.3, -0.25) is 24.0 Å². The molecule has 0 aliphatic carbocycles. The van der Waals surface area contributed by atoms with Crippen molar-refractivity contribution in [1.82, 2.24) is 15.5 Å². The second-order valence-corrected chi connectivity index (χ2v) is 8.55. The summed E-state index contributed by atoms with van der Waals surface area (Å²) in [6.45, 7) is 0.142. The number of amides is 4. The topological polar surface area (TPSA) is 222 Å². The first-order chi connectivity index (χ1) is 17.0. The van der Waals surface area contributed by atoms with Crippen LogP contribution < -0.4 is 22.1 Å². The Balaban J connectivity index is 2.22. The fraction of sp³-hybridized carbons (Fsp3) is 0.478. The molecule has 1 aromatic rings. The Labute approximate surface area is 207 Å². The number of carboxylic acids is 2. The average Bonchev–Trinajstić information content (AvgIpc) is 3.31. The number of carbonyl (C=O) groups is 6. The van der Waals surface area contributed by atoms with Crippen LogP contribution in [0.15, 0.2) is 30.3 Å². The van der Waals surface area contributed by atoms with Crippen molar-refractivity contribution in [3.05, 3.63) is 35.9 Å². The van der Waals surface area contributed by atoms with E-state index in [4.69, 9.17) is 16.6 Å². The van der Waals surface area contributed by atoms with E-state index < -0.39 is 66.2 Å². The Hall–Kier alpha value is -4.00. The van der Waals surface area contributed by atoms with Gasteiger partial charge in [0.15, 0.2) is 0 Å². The molecule has 13 heteroatoms. The Bertz CT molecular complexity index is 986. The first-order valence-electron chi connectivity index (χ1n) is 11.4.